The van der Waals surface area contributed by atoms with Crippen molar-refractivity contribution in [2.24, 2.45) is 11.1 Å². The Kier molecular flexibility index (Phi) is 3.43. The van der Waals surface area contributed by atoms with Crippen LogP contribution in [-0.4, -0.2) is 10.9 Å². The van der Waals surface area contributed by atoms with Crippen molar-refractivity contribution >= 4 is 56.3 Å². The second-order valence-electron chi connectivity index (χ2n) is 4.00. The molecule has 0 aliphatic heterocycles. The van der Waals surface area contributed by atoms with Gasteiger partial charge in [0, 0.05) is 0 Å². The molecule has 0 aromatic heterocycles. The lowest BCUT2D eigenvalue weighted by Crippen LogP contribution is -2.35. The average Bonchev–Trinajstić information content (AvgIpc) is 3.05. The van der Waals surface area contributed by atoms with E-state index in [4.69, 9.17) is 29.6 Å². The molecule has 0 bridgehead atoms. The van der Waals surface area contributed by atoms with E-state index in [1.54, 1.807) is 18.2 Å². The zero-order valence-electron chi connectivity index (χ0n) is 8.80. The van der Waals surface area contributed by atoms with Gasteiger partial charge in [-0.05, 0) is 40.9 Å². The standard InChI is InChI=1S/C11H10BrClN2OS/c12-8-6(13)2-1-3-7(8)15-10(16)11(4-5-11)9(14)17/h1-3H,4-5H2,(H2,14,17)(H,15,16). The molecule has 3 nitrogen and oxygen atoms in total. The SMILES string of the molecule is NC(=S)C1(C(=O)Nc2cccc(Cl)c2Br)CC1. The molecular weight excluding hydrogens is 324 g/mol. The molecule has 0 spiro atoms. The summed E-state index contributed by atoms with van der Waals surface area (Å²) in [6.45, 7) is 0. The molecule has 6 heteroatoms. The van der Waals surface area contributed by atoms with E-state index < -0.39 is 5.41 Å². The molecule has 1 aromatic rings. The number of carbonyl (C=O) groups is 1. The molecule has 1 saturated carbocycles. The third-order valence-electron chi connectivity index (χ3n) is 2.86. The minimum Gasteiger partial charge on any atom is -0.392 e. The summed E-state index contributed by atoms with van der Waals surface area (Å²) in [5, 5.41) is 3.34. The quantitative estimate of drug-likeness (QED) is 0.836. The van der Waals surface area contributed by atoms with E-state index in [1.165, 1.54) is 0 Å². The van der Waals surface area contributed by atoms with Gasteiger partial charge in [0.25, 0.3) is 0 Å². The fourth-order valence-corrected chi connectivity index (χ4v) is 2.39. The largest absolute Gasteiger partial charge is 0.392 e. The Morgan fingerprint density at radius 1 is 1.53 bits per heavy atom. The maximum atomic E-state index is 12.1. The van der Waals surface area contributed by atoms with E-state index in [0.717, 1.165) is 0 Å². The number of nitrogens with two attached hydrogens (primary N) is 1. The van der Waals surface area contributed by atoms with E-state index in [-0.39, 0.29) is 10.9 Å². The van der Waals surface area contributed by atoms with Gasteiger partial charge in [0.05, 0.1) is 25.6 Å². The molecule has 0 atom stereocenters. The first-order chi connectivity index (χ1) is 7.97. The van der Waals surface area contributed by atoms with E-state index >= 15 is 0 Å². The molecule has 3 N–H and O–H groups in total. The highest BCUT2D eigenvalue weighted by atomic mass is 79.9. The molecule has 17 heavy (non-hydrogen) atoms. The normalized spacial score (nSPS) is 16.4. The number of benzene rings is 1. The number of hydrogen-bond acceptors (Lipinski definition) is 2. The lowest BCUT2D eigenvalue weighted by Gasteiger charge is -2.14. The van der Waals surface area contributed by atoms with Crippen molar-refractivity contribution in [1.29, 1.82) is 0 Å². The molecule has 1 aliphatic carbocycles. The molecule has 0 heterocycles. The first-order valence-electron chi connectivity index (χ1n) is 5.03. The van der Waals surface area contributed by atoms with Crippen LogP contribution in [0, 0.1) is 5.41 Å². The molecular formula is C11H10BrClN2OS. The van der Waals surface area contributed by atoms with Crippen molar-refractivity contribution in [3.8, 4) is 0 Å². The summed E-state index contributed by atoms with van der Waals surface area (Å²) in [6, 6.07) is 5.27. The second-order valence-corrected chi connectivity index (χ2v) is 5.64. The van der Waals surface area contributed by atoms with Gasteiger partial charge in [-0.3, -0.25) is 4.79 Å². The lowest BCUT2D eigenvalue weighted by molar-refractivity contribution is -0.118. The Balaban J connectivity index is 2.20. The van der Waals surface area contributed by atoms with Crippen LogP contribution in [0.1, 0.15) is 12.8 Å². The van der Waals surface area contributed by atoms with Crippen LogP contribution < -0.4 is 11.1 Å². The molecule has 1 aliphatic rings. The van der Waals surface area contributed by atoms with E-state index in [1.807, 2.05) is 0 Å². The van der Waals surface area contributed by atoms with E-state index in [9.17, 15) is 4.79 Å². The Morgan fingerprint density at radius 2 is 2.18 bits per heavy atom. The monoisotopic (exact) mass is 332 g/mol. The zero-order valence-corrected chi connectivity index (χ0v) is 12.0. The third-order valence-corrected chi connectivity index (χ3v) is 4.64. The first kappa shape index (κ1) is 12.8. The molecule has 0 radical (unpaired) electrons. The minimum atomic E-state index is -0.656. The third kappa shape index (κ3) is 2.32. The maximum Gasteiger partial charge on any atom is 0.237 e. The summed E-state index contributed by atoms with van der Waals surface area (Å²) >= 11 is 14.2. The Labute approximate surface area is 118 Å². The number of nitrogens with one attached hydrogen (secondary N) is 1. The molecule has 1 amide bonds. The van der Waals surface area contributed by atoms with Crippen LogP contribution in [0.5, 0.6) is 0 Å². The molecule has 0 unspecified atom stereocenters. The second kappa shape index (κ2) is 4.55. The summed E-state index contributed by atoms with van der Waals surface area (Å²) in [5.74, 6) is -0.159. The van der Waals surface area contributed by atoms with Crippen LogP contribution in [0.25, 0.3) is 0 Å². The summed E-state index contributed by atoms with van der Waals surface area (Å²) < 4.78 is 0.661. The highest BCUT2D eigenvalue weighted by molar-refractivity contribution is 9.10. The predicted molar refractivity (Wildman–Crippen MR) is 76.2 cm³/mol. The zero-order chi connectivity index (χ0) is 12.6. The number of amides is 1. The van der Waals surface area contributed by atoms with Crippen molar-refractivity contribution in [2.45, 2.75) is 12.8 Å². The van der Waals surface area contributed by atoms with Gasteiger partial charge in [-0.15, -0.1) is 0 Å². The van der Waals surface area contributed by atoms with Gasteiger partial charge >= 0.3 is 0 Å². The lowest BCUT2D eigenvalue weighted by atomic mass is 10.1. The van der Waals surface area contributed by atoms with Crippen LogP contribution >= 0.6 is 39.7 Å². The number of carbonyl (C=O) groups excluding carboxylic acids is 1. The van der Waals surface area contributed by atoms with Gasteiger partial charge in [0.15, 0.2) is 0 Å². The minimum absolute atomic E-state index is 0.159. The molecule has 0 saturated heterocycles. The summed E-state index contributed by atoms with van der Waals surface area (Å²) in [7, 11) is 0. The van der Waals surface area contributed by atoms with Crippen LogP contribution in [0.3, 0.4) is 0 Å². The highest BCUT2D eigenvalue weighted by Crippen LogP contribution is 2.47. The van der Waals surface area contributed by atoms with E-state index in [2.05, 4.69) is 21.2 Å². The predicted octanol–water partition coefficient (Wildman–Crippen LogP) is 3.11. The van der Waals surface area contributed by atoms with E-state index in [0.29, 0.717) is 28.0 Å². The maximum absolute atomic E-state index is 12.1. The fourth-order valence-electron chi connectivity index (χ4n) is 1.55. The number of thiocarbonyl (C=S) groups is 1. The Hall–Kier alpha value is -0.650. The topological polar surface area (TPSA) is 55.1 Å². The number of halogens is 2. The fraction of sp³-hybridized carbons (Fsp3) is 0.273. The van der Waals surface area contributed by atoms with Gasteiger partial charge in [-0.25, -0.2) is 0 Å². The number of anilines is 1. The highest BCUT2D eigenvalue weighted by Gasteiger charge is 2.52. The molecule has 1 fully saturated rings. The van der Waals surface area contributed by atoms with Gasteiger partial charge in [-0.1, -0.05) is 29.9 Å². The molecule has 90 valence electrons. The van der Waals surface area contributed by atoms with Crippen LogP contribution in [-0.2, 0) is 4.79 Å². The molecule has 1 aromatic carbocycles. The Bertz CT molecular complexity index is 502. The Morgan fingerprint density at radius 3 is 2.71 bits per heavy atom. The van der Waals surface area contributed by atoms with Gasteiger partial charge in [0.2, 0.25) is 5.91 Å². The first-order valence-corrected chi connectivity index (χ1v) is 6.61. The van der Waals surface area contributed by atoms with Gasteiger partial charge < -0.3 is 11.1 Å². The smallest absolute Gasteiger partial charge is 0.237 e. The average molecular weight is 334 g/mol. The summed E-state index contributed by atoms with van der Waals surface area (Å²) in [4.78, 5) is 12.3. The number of rotatable bonds is 3. The van der Waals surface area contributed by atoms with Crippen LogP contribution in [0.4, 0.5) is 5.69 Å². The van der Waals surface area contributed by atoms with Crippen molar-refractivity contribution in [2.75, 3.05) is 5.32 Å². The van der Waals surface area contributed by atoms with Gasteiger partial charge in [-0.2, -0.15) is 0 Å². The summed E-state index contributed by atoms with van der Waals surface area (Å²) in [6.07, 6.45) is 1.43. The van der Waals surface area contributed by atoms with Crippen LogP contribution in [0.15, 0.2) is 22.7 Å². The van der Waals surface area contributed by atoms with Crippen molar-refractivity contribution < 1.29 is 4.79 Å². The van der Waals surface area contributed by atoms with Crippen molar-refractivity contribution in [3.05, 3.63) is 27.7 Å². The molecule has 2 rings (SSSR count). The van der Waals surface area contributed by atoms with Crippen molar-refractivity contribution in [3.63, 3.8) is 0 Å². The van der Waals surface area contributed by atoms with Crippen LogP contribution in [0.2, 0.25) is 5.02 Å². The van der Waals surface area contributed by atoms with Crippen molar-refractivity contribution in [1.82, 2.24) is 0 Å². The van der Waals surface area contributed by atoms with Gasteiger partial charge in [0.1, 0.15) is 0 Å². The number of hydrogen-bond donors (Lipinski definition) is 2. The summed E-state index contributed by atoms with van der Waals surface area (Å²) in [5.41, 5.74) is 5.56.